The molecule has 1 rings (SSSR count). The Balaban J connectivity index is 2.78. The van der Waals surface area contributed by atoms with Gasteiger partial charge in [0, 0.05) is 17.7 Å². The number of carbonyl (C=O) groups is 1. The molecule has 17 heavy (non-hydrogen) atoms. The van der Waals surface area contributed by atoms with E-state index in [-0.39, 0.29) is 5.91 Å². The minimum absolute atomic E-state index is 0.226. The van der Waals surface area contributed by atoms with Crippen LogP contribution >= 0.6 is 11.3 Å². The second-order valence-electron chi connectivity index (χ2n) is 5.12. The lowest BCUT2D eigenvalue weighted by molar-refractivity contribution is -0.118. The summed E-state index contributed by atoms with van der Waals surface area (Å²) in [7, 11) is 0. The summed E-state index contributed by atoms with van der Waals surface area (Å²) in [4.78, 5) is 15.6. The predicted molar refractivity (Wildman–Crippen MR) is 72.2 cm³/mol. The van der Waals surface area contributed by atoms with Gasteiger partial charge in [0.05, 0.1) is 10.7 Å². The van der Waals surface area contributed by atoms with E-state index in [4.69, 9.17) is 5.73 Å². The molecule has 0 aliphatic carbocycles. The fourth-order valence-corrected chi connectivity index (χ4v) is 3.07. The van der Waals surface area contributed by atoms with E-state index in [2.05, 4.69) is 38.1 Å². The molecule has 2 N–H and O–H groups in total. The summed E-state index contributed by atoms with van der Waals surface area (Å²) in [6.07, 6.45) is 1.25. The van der Waals surface area contributed by atoms with Crippen molar-refractivity contribution in [3.05, 3.63) is 16.1 Å². The van der Waals surface area contributed by atoms with Crippen molar-refractivity contribution in [2.45, 2.75) is 52.4 Å². The Hall–Kier alpha value is -0.900. The maximum Gasteiger partial charge on any atom is 0.217 e. The zero-order valence-corrected chi connectivity index (χ0v) is 11.9. The number of thiazole rings is 1. The molecule has 1 aromatic heterocycles. The first-order valence-electron chi connectivity index (χ1n) is 6.15. The van der Waals surface area contributed by atoms with Crippen LogP contribution in [0.2, 0.25) is 0 Å². The van der Waals surface area contributed by atoms with E-state index in [9.17, 15) is 4.79 Å². The number of carbonyl (C=O) groups excluding carboxylic acids is 1. The Labute approximate surface area is 107 Å². The highest BCUT2D eigenvalue weighted by Crippen LogP contribution is 2.32. The van der Waals surface area contributed by atoms with Crippen molar-refractivity contribution in [3.63, 3.8) is 0 Å². The number of hydrogen-bond donors (Lipinski definition) is 1. The van der Waals surface area contributed by atoms with Crippen LogP contribution in [0.1, 0.15) is 63.1 Å². The molecule has 0 bridgehead atoms. The minimum Gasteiger partial charge on any atom is -0.370 e. The first-order valence-corrected chi connectivity index (χ1v) is 7.03. The normalized spacial score (nSPS) is 13.3. The van der Waals surface area contributed by atoms with Crippen LogP contribution in [-0.2, 0) is 4.79 Å². The summed E-state index contributed by atoms with van der Waals surface area (Å²) in [6.45, 7) is 8.63. The third-order valence-corrected chi connectivity index (χ3v) is 3.95. The van der Waals surface area contributed by atoms with Crippen LogP contribution in [-0.4, -0.2) is 10.9 Å². The molecule has 0 aliphatic rings. The van der Waals surface area contributed by atoms with Crippen molar-refractivity contribution in [2.24, 2.45) is 11.7 Å². The van der Waals surface area contributed by atoms with Crippen LogP contribution in [0.4, 0.5) is 0 Å². The number of nitrogens with zero attached hydrogens (tertiary/aromatic N) is 1. The van der Waals surface area contributed by atoms with E-state index in [1.165, 1.54) is 0 Å². The number of nitrogens with two attached hydrogens (primary N) is 1. The van der Waals surface area contributed by atoms with Crippen molar-refractivity contribution in [1.29, 1.82) is 0 Å². The maximum atomic E-state index is 10.9. The van der Waals surface area contributed by atoms with Crippen LogP contribution in [0, 0.1) is 5.92 Å². The molecule has 0 saturated heterocycles. The molecular formula is C13H22N2OS. The summed E-state index contributed by atoms with van der Waals surface area (Å²) < 4.78 is 0. The largest absolute Gasteiger partial charge is 0.370 e. The van der Waals surface area contributed by atoms with Crippen molar-refractivity contribution >= 4 is 17.2 Å². The second kappa shape index (κ2) is 6.15. The molecule has 1 aromatic rings. The van der Waals surface area contributed by atoms with Gasteiger partial charge in [0.15, 0.2) is 0 Å². The molecule has 0 fully saturated rings. The Morgan fingerprint density at radius 2 is 2.06 bits per heavy atom. The van der Waals surface area contributed by atoms with Crippen LogP contribution < -0.4 is 5.73 Å². The number of rotatable bonds is 6. The van der Waals surface area contributed by atoms with Crippen molar-refractivity contribution in [1.82, 2.24) is 4.98 Å². The molecule has 3 nitrogen and oxygen atoms in total. The molecule has 96 valence electrons. The Morgan fingerprint density at radius 3 is 2.47 bits per heavy atom. The van der Waals surface area contributed by atoms with Crippen molar-refractivity contribution in [3.8, 4) is 0 Å². The van der Waals surface area contributed by atoms with E-state index < -0.39 is 0 Å². The molecule has 1 unspecified atom stereocenters. The van der Waals surface area contributed by atoms with Gasteiger partial charge in [-0.25, -0.2) is 4.98 Å². The minimum atomic E-state index is -0.226. The van der Waals surface area contributed by atoms with Gasteiger partial charge in [0.1, 0.15) is 0 Å². The van der Waals surface area contributed by atoms with Crippen molar-refractivity contribution in [2.75, 3.05) is 0 Å². The molecule has 0 spiro atoms. The van der Waals surface area contributed by atoms with Gasteiger partial charge in [-0.15, -0.1) is 11.3 Å². The lowest BCUT2D eigenvalue weighted by Gasteiger charge is -2.17. The topological polar surface area (TPSA) is 56.0 Å². The van der Waals surface area contributed by atoms with Crippen molar-refractivity contribution < 1.29 is 4.79 Å². The predicted octanol–water partition coefficient (Wildman–Crippen LogP) is 3.27. The lowest BCUT2D eigenvalue weighted by Crippen LogP contribution is -2.14. The second-order valence-corrected chi connectivity index (χ2v) is 6.01. The Kier molecular flexibility index (Phi) is 5.12. The number of hydrogen-bond acceptors (Lipinski definition) is 3. The fraction of sp³-hybridized carbons (Fsp3) is 0.692. The molecule has 0 aliphatic heterocycles. The van der Waals surface area contributed by atoms with E-state index in [0.717, 1.165) is 17.1 Å². The third-order valence-electron chi connectivity index (χ3n) is 2.95. The van der Waals surface area contributed by atoms with E-state index in [1.54, 1.807) is 11.3 Å². The molecular weight excluding hydrogens is 232 g/mol. The number of amides is 1. The van der Waals surface area contributed by atoms with Gasteiger partial charge in [-0.3, -0.25) is 4.79 Å². The summed E-state index contributed by atoms with van der Waals surface area (Å²) in [6, 6.07) is 0. The average molecular weight is 254 g/mol. The average Bonchev–Trinajstić information content (AvgIpc) is 2.66. The quantitative estimate of drug-likeness (QED) is 0.847. The first kappa shape index (κ1) is 14.2. The lowest BCUT2D eigenvalue weighted by atomic mass is 9.91. The summed E-state index contributed by atoms with van der Waals surface area (Å²) in [5.41, 5.74) is 6.36. The maximum absolute atomic E-state index is 10.9. The molecule has 4 heteroatoms. The van der Waals surface area contributed by atoms with E-state index in [1.807, 2.05) is 0 Å². The number of primary amides is 1. The van der Waals surface area contributed by atoms with Gasteiger partial charge in [-0.2, -0.15) is 0 Å². The van der Waals surface area contributed by atoms with E-state index in [0.29, 0.717) is 24.2 Å². The van der Waals surface area contributed by atoms with Gasteiger partial charge in [0.25, 0.3) is 0 Å². The van der Waals surface area contributed by atoms with Gasteiger partial charge in [0.2, 0.25) is 5.91 Å². The summed E-state index contributed by atoms with van der Waals surface area (Å²) in [5, 5.41) is 3.27. The van der Waals surface area contributed by atoms with Crippen LogP contribution in [0.3, 0.4) is 0 Å². The smallest absolute Gasteiger partial charge is 0.217 e. The van der Waals surface area contributed by atoms with Gasteiger partial charge < -0.3 is 5.73 Å². The summed E-state index contributed by atoms with van der Waals surface area (Å²) in [5.74, 6) is 1.07. The fourth-order valence-electron chi connectivity index (χ4n) is 1.78. The molecule has 0 radical (unpaired) electrons. The molecule has 0 aromatic carbocycles. The standard InChI is InChI=1S/C13H22N2OS/c1-8(2)10(5-6-12(14)16)13-15-11(7-17-13)9(3)4/h7-10H,5-6H2,1-4H3,(H2,14,16). The number of aromatic nitrogens is 1. The molecule has 0 saturated carbocycles. The third kappa shape index (κ3) is 4.11. The SMILES string of the molecule is CC(C)c1csc(C(CCC(N)=O)C(C)C)n1. The van der Waals surface area contributed by atoms with Gasteiger partial charge in [-0.05, 0) is 18.3 Å². The first-order chi connectivity index (χ1) is 7.91. The molecule has 1 heterocycles. The molecule has 1 atom stereocenters. The highest BCUT2D eigenvalue weighted by molar-refractivity contribution is 7.09. The van der Waals surface area contributed by atoms with Crippen LogP contribution in [0.25, 0.3) is 0 Å². The highest BCUT2D eigenvalue weighted by atomic mass is 32.1. The molecule has 1 amide bonds. The monoisotopic (exact) mass is 254 g/mol. The van der Waals surface area contributed by atoms with Crippen LogP contribution in [0.5, 0.6) is 0 Å². The van der Waals surface area contributed by atoms with Gasteiger partial charge in [-0.1, -0.05) is 27.7 Å². The Morgan fingerprint density at radius 1 is 1.41 bits per heavy atom. The summed E-state index contributed by atoms with van der Waals surface area (Å²) >= 11 is 1.70. The van der Waals surface area contributed by atoms with Gasteiger partial charge >= 0.3 is 0 Å². The van der Waals surface area contributed by atoms with E-state index >= 15 is 0 Å². The highest BCUT2D eigenvalue weighted by Gasteiger charge is 2.20. The van der Waals surface area contributed by atoms with Crippen LogP contribution in [0.15, 0.2) is 5.38 Å². The zero-order valence-electron chi connectivity index (χ0n) is 11.1. The zero-order chi connectivity index (χ0) is 13.0. The Bertz CT molecular complexity index is 371.